The summed E-state index contributed by atoms with van der Waals surface area (Å²) in [5.74, 6) is 1.07. The number of fused-ring (bicyclic) bond motifs is 1. The molecule has 0 aliphatic carbocycles. The van der Waals surface area contributed by atoms with Gasteiger partial charge in [0.05, 0.1) is 16.7 Å². The first-order valence-corrected chi connectivity index (χ1v) is 9.12. The highest BCUT2D eigenvalue weighted by Gasteiger charge is 2.21. The quantitative estimate of drug-likeness (QED) is 0.525. The van der Waals surface area contributed by atoms with Gasteiger partial charge in [-0.1, -0.05) is 0 Å². The Balaban J connectivity index is 2.58. The summed E-state index contributed by atoms with van der Waals surface area (Å²) >= 11 is 0. The van der Waals surface area contributed by atoms with Crippen LogP contribution in [0.4, 0.5) is 0 Å². The third-order valence-electron chi connectivity index (χ3n) is 6.63. The van der Waals surface area contributed by atoms with Crippen LogP contribution in [0.2, 0.25) is 0 Å². The van der Waals surface area contributed by atoms with E-state index in [1.165, 1.54) is 61.3 Å². The van der Waals surface area contributed by atoms with E-state index in [1.807, 2.05) is 0 Å². The zero-order chi connectivity index (χ0) is 18.8. The average molecular weight is 335 g/mol. The van der Waals surface area contributed by atoms with E-state index in [9.17, 15) is 0 Å². The topological polar surface area (TPSA) is 17.8 Å². The van der Waals surface area contributed by atoms with Crippen molar-refractivity contribution in [1.82, 2.24) is 9.55 Å². The molecule has 3 aromatic rings. The van der Waals surface area contributed by atoms with Gasteiger partial charge in [-0.05, 0) is 119 Å². The van der Waals surface area contributed by atoms with E-state index in [0.29, 0.717) is 0 Å². The van der Waals surface area contributed by atoms with Gasteiger partial charge in [0, 0.05) is 0 Å². The van der Waals surface area contributed by atoms with E-state index < -0.39 is 0 Å². The number of hydrogen-bond donors (Lipinski definition) is 0. The second-order valence-corrected chi connectivity index (χ2v) is 7.67. The van der Waals surface area contributed by atoms with Crippen molar-refractivity contribution in [3.8, 4) is 5.69 Å². The molecule has 0 aliphatic heterocycles. The molecule has 1 heterocycles. The molecular weight excluding hydrogens is 304 g/mol. The van der Waals surface area contributed by atoms with Crippen LogP contribution in [-0.2, 0) is 0 Å². The van der Waals surface area contributed by atoms with Gasteiger partial charge in [0.2, 0.25) is 0 Å². The lowest BCUT2D eigenvalue weighted by atomic mass is 9.92. The van der Waals surface area contributed by atoms with Crippen LogP contribution >= 0.6 is 0 Å². The molecule has 0 saturated heterocycles. The molecule has 2 nitrogen and oxygen atoms in total. The van der Waals surface area contributed by atoms with Crippen LogP contribution in [0.3, 0.4) is 0 Å². The number of aryl methyl sites for hydroxylation is 3. The van der Waals surface area contributed by atoms with E-state index >= 15 is 0 Å². The zero-order valence-corrected chi connectivity index (χ0v) is 17.4. The first-order valence-electron chi connectivity index (χ1n) is 9.12. The maximum absolute atomic E-state index is 4.98. The number of rotatable bonds is 1. The van der Waals surface area contributed by atoms with Crippen LogP contribution in [0.15, 0.2) is 0 Å². The molecule has 2 heteroatoms. The Morgan fingerprint density at radius 2 is 0.880 bits per heavy atom. The first-order chi connectivity index (χ1) is 11.6. The molecule has 0 radical (unpaired) electrons. The fourth-order valence-electron chi connectivity index (χ4n) is 4.15. The Kier molecular flexibility index (Phi) is 4.06. The lowest BCUT2D eigenvalue weighted by molar-refractivity contribution is 0.960. The molecular formula is C23H30N2. The molecule has 0 N–H and O–H groups in total. The van der Waals surface area contributed by atoms with Gasteiger partial charge in [-0.15, -0.1) is 0 Å². The van der Waals surface area contributed by atoms with Crippen molar-refractivity contribution in [2.45, 2.75) is 69.2 Å². The maximum Gasteiger partial charge on any atom is 0.111 e. The van der Waals surface area contributed by atoms with Crippen molar-refractivity contribution in [3.05, 3.63) is 55.9 Å². The van der Waals surface area contributed by atoms with Gasteiger partial charge in [-0.2, -0.15) is 0 Å². The molecule has 132 valence electrons. The summed E-state index contributed by atoms with van der Waals surface area (Å²) in [7, 11) is 0. The maximum atomic E-state index is 4.98. The molecule has 0 saturated carbocycles. The van der Waals surface area contributed by atoms with Gasteiger partial charge in [-0.25, -0.2) is 4.98 Å². The molecule has 25 heavy (non-hydrogen) atoms. The summed E-state index contributed by atoms with van der Waals surface area (Å²) in [6, 6.07) is 0. The van der Waals surface area contributed by atoms with Crippen molar-refractivity contribution in [2.75, 3.05) is 0 Å². The van der Waals surface area contributed by atoms with E-state index in [-0.39, 0.29) is 0 Å². The van der Waals surface area contributed by atoms with Crippen molar-refractivity contribution in [3.63, 3.8) is 0 Å². The summed E-state index contributed by atoms with van der Waals surface area (Å²) in [6.45, 7) is 22.2. The van der Waals surface area contributed by atoms with E-state index in [2.05, 4.69) is 73.8 Å². The van der Waals surface area contributed by atoms with E-state index in [0.717, 1.165) is 11.3 Å². The van der Waals surface area contributed by atoms with Crippen LogP contribution < -0.4 is 0 Å². The Morgan fingerprint density at radius 1 is 0.480 bits per heavy atom. The number of nitrogens with zero attached hydrogens (tertiary/aromatic N) is 2. The van der Waals surface area contributed by atoms with Gasteiger partial charge < -0.3 is 0 Å². The SMILES string of the molecule is Cc1c(C)c(C)c(-n2c(C)nc3c(C)c(C)c(C)c(C)c32)c(C)c1C. The minimum atomic E-state index is 1.07. The van der Waals surface area contributed by atoms with Crippen molar-refractivity contribution in [1.29, 1.82) is 0 Å². The second-order valence-electron chi connectivity index (χ2n) is 7.67. The summed E-state index contributed by atoms with van der Waals surface area (Å²) in [6.07, 6.45) is 0. The first kappa shape index (κ1) is 17.7. The smallest absolute Gasteiger partial charge is 0.111 e. The minimum absolute atomic E-state index is 1.07. The predicted molar refractivity (Wildman–Crippen MR) is 108 cm³/mol. The van der Waals surface area contributed by atoms with Gasteiger partial charge in [0.15, 0.2) is 0 Å². The van der Waals surface area contributed by atoms with Crippen LogP contribution in [0, 0.1) is 69.2 Å². The Bertz CT molecular complexity index is 1000. The molecule has 1 aromatic heterocycles. The predicted octanol–water partition coefficient (Wildman–Crippen LogP) is 6.11. The fraction of sp³-hybridized carbons (Fsp3) is 0.435. The molecule has 0 atom stereocenters. The third-order valence-corrected chi connectivity index (χ3v) is 6.63. The zero-order valence-electron chi connectivity index (χ0n) is 17.4. The highest BCUT2D eigenvalue weighted by atomic mass is 15.1. The van der Waals surface area contributed by atoms with Crippen molar-refractivity contribution in [2.24, 2.45) is 0 Å². The number of benzene rings is 2. The Hall–Kier alpha value is -2.09. The van der Waals surface area contributed by atoms with Crippen LogP contribution in [0.25, 0.3) is 16.7 Å². The molecule has 0 bridgehead atoms. The number of imidazole rings is 1. The largest absolute Gasteiger partial charge is 0.296 e. The highest BCUT2D eigenvalue weighted by Crippen LogP contribution is 2.36. The van der Waals surface area contributed by atoms with Gasteiger partial charge in [0.25, 0.3) is 0 Å². The Morgan fingerprint density at radius 3 is 1.40 bits per heavy atom. The molecule has 0 fully saturated rings. The summed E-state index contributed by atoms with van der Waals surface area (Å²) in [5, 5.41) is 0. The van der Waals surface area contributed by atoms with Crippen LogP contribution in [0.1, 0.15) is 55.9 Å². The van der Waals surface area contributed by atoms with Gasteiger partial charge >= 0.3 is 0 Å². The average Bonchev–Trinajstić information content (AvgIpc) is 2.92. The second kappa shape index (κ2) is 5.72. The summed E-state index contributed by atoms with van der Waals surface area (Å²) in [4.78, 5) is 4.98. The van der Waals surface area contributed by atoms with E-state index in [1.54, 1.807) is 0 Å². The normalized spacial score (nSPS) is 11.6. The lowest BCUT2D eigenvalue weighted by Gasteiger charge is -2.22. The third kappa shape index (κ3) is 2.27. The van der Waals surface area contributed by atoms with Gasteiger partial charge in [-0.3, -0.25) is 4.57 Å². The highest BCUT2D eigenvalue weighted by molar-refractivity contribution is 5.87. The molecule has 0 unspecified atom stereocenters. The molecule has 0 spiro atoms. The molecule has 3 rings (SSSR count). The van der Waals surface area contributed by atoms with Gasteiger partial charge in [0.1, 0.15) is 5.82 Å². The number of aromatic nitrogens is 2. The molecule has 0 aliphatic rings. The van der Waals surface area contributed by atoms with E-state index in [4.69, 9.17) is 4.98 Å². The molecule has 2 aromatic carbocycles. The van der Waals surface area contributed by atoms with Crippen LogP contribution in [0.5, 0.6) is 0 Å². The Labute approximate surface area is 151 Å². The minimum Gasteiger partial charge on any atom is -0.296 e. The standard InChI is InChI=1S/C23H30N2/c1-11-13(3)17(7)22(18(8)14(11)4)25-20(10)24-21-16(6)12(2)15(5)19(9)23(21)25/h1-10H3. The van der Waals surface area contributed by atoms with Crippen molar-refractivity contribution >= 4 is 11.0 Å². The lowest BCUT2D eigenvalue weighted by Crippen LogP contribution is -2.08. The summed E-state index contributed by atoms with van der Waals surface area (Å²) < 4.78 is 2.40. The fourth-order valence-corrected chi connectivity index (χ4v) is 4.15. The van der Waals surface area contributed by atoms with Crippen molar-refractivity contribution < 1.29 is 0 Å². The number of hydrogen-bond acceptors (Lipinski definition) is 1. The molecule has 0 amide bonds. The van der Waals surface area contributed by atoms with Crippen LogP contribution in [-0.4, -0.2) is 9.55 Å². The monoisotopic (exact) mass is 334 g/mol. The summed E-state index contributed by atoms with van der Waals surface area (Å²) in [5.41, 5.74) is 16.0.